The van der Waals surface area contributed by atoms with Crippen LogP contribution in [-0.4, -0.2) is 31.7 Å². The second kappa shape index (κ2) is 7.26. The molecule has 90 valence electrons. The molecule has 0 saturated heterocycles. The van der Waals surface area contributed by atoms with E-state index in [-0.39, 0.29) is 12.3 Å². The van der Waals surface area contributed by atoms with Gasteiger partial charge in [0, 0.05) is 26.2 Å². The minimum atomic E-state index is -0.586. The van der Waals surface area contributed by atoms with Crippen LogP contribution in [-0.2, 0) is 9.53 Å². The van der Waals surface area contributed by atoms with Crippen LogP contribution in [0.3, 0.4) is 0 Å². The zero-order valence-corrected chi connectivity index (χ0v) is 9.58. The average Bonchev–Trinajstić information content (AvgIpc) is 3.07. The van der Waals surface area contributed by atoms with Crippen molar-refractivity contribution in [3.63, 3.8) is 0 Å². The molecular weight excluding hydrogens is 204 g/mol. The Labute approximate surface area is 96.9 Å². The lowest BCUT2D eigenvalue weighted by atomic mass is 10.2. The van der Waals surface area contributed by atoms with Crippen LogP contribution in [0.15, 0.2) is 0 Å². The molecule has 4 heteroatoms. The topological polar surface area (TPSA) is 64.4 Å². The van der Waals surface area contributed by atoms with Gasteiger partial charge in [-0.1, -0.05) is 0 Å². The summed E-state index contributed by atoms with van der Waals surface area (Å²) in [5.41, 5.74) is 5.53. The second-order valence-corrected chi connectivity index (χ2v) is 4.18. The van der Waals surface area contributed by atoms with Gasteiger partial charge in [-0.25, -0.2) is 0 Å². The van der Waals surface area contributed by atoms with E-state index < -0.39 is 6.04 Å². The summed E-state index contributed by atoms with van der Waals surface area (Å²) in [6.45, 7) is 2.16. The third kappa shape index (κ3) is 5.74. The van der Waals surface area contributed by atoms with Crippen LogP contribution in [0.5, 0.6) is 0 Å². The van der Waals surface area contributed by atoms with Gasteiger partial charge in [-0.3, -0.25) is 4.79 Å². The van der Waals surface area contributed by atoms with Crippen molar-refractivity contribution in [2.45, 2.75) is 31.7 Å². The molecule has 0 bridgehead atoms. The minimum absolute atomic E-state index is 0.180. The summed E-state index contributed by atoms with van der Waals surface area (Å²) in [7, 11) is 0. The molecule has 1 aliphatic rings. The molecular formula is C12H20N2O2. The van der Waals surface area contributed by atoms with Crippen molar-refractivity contribution >= 4 is 5.91 Å². The van der Waals surface area contributed by atoms with E-state index in [1.807, 2.05) is 0 Å². The number of carbonyl (C=O) groups is 1. The SMILES string of the molecule is C#CCC(N)C(=O)NCCCOCC1CC1. The molecule has 16 heavy (non-hydrogen) atoms. The molecule has 0 aromatic carbocycles. The van der Waals surface area contributed by atoms with E-state index in [2.05, 4.69) is 11.2 Å². The van der Waals surface area contributed by atoms with Gasteiger partial charge in [0.15, 0.2) is 0 Å². The molecule has 1 aliphatic carbocycles. The molecule has 0 spiro atoms. The Kier molecular flexibility index (Phi) is 5.91. The standard InChI is InChI=1S/C12H20N2O2/c1-2-4-11(13)12(15)14-7-3-8-16-9-10-5-6-10/h1,10-11H,3-9,13H2,(H,14,15). The third-order valence-electron chi connectivity index (χ3n) is 2.49. The van der Waals surface area contributed by atoms with Gasteiger partial charge in [0.2, 0.25) is 5.91 Å². The molecule has 3 N–H and O–H groups in total. The van der Waals surface area contributed by atoms with E-state index in [9.17, 15) is 4.79 Å². The van der Waals surface area contributed by atoms with Crippen molar-refractivity contribution in [3.05, 3.63) is 0 Å². The first kappa shape index (κ1) is 13.0. The summed E-state index contributed by atoms with van der Waals surface area (Å²) in [4.78, 5) is 11.3. The fourth-order valence-corrected chi connectivity index (χ4v) is 1.27. The van der Waals surface area contributed by atoms with Gasteiger partial charge < -0.3 is 15.8 Å². The Morgan fingerprint density at radius 1 is 1.62 bits per heavy atom. The number of nitrogens with one attached hydrogen (secondary N) is 1. The normalized spacial score (nSPS) is 16.5. The molecule has 0 radical (unpaired) electrons. The van der Waals surface area contributed by atoms with Crippen molar-refractivity contribution in [2.75, 3.05) is 19.8 Å². The van der Waals surface area contributed by atoms with Crippen LogP contribution in [0.2, 0.25) is 0 Å². The van der Waals surface area contributed by atoms with Crippen molar-refractivity contribution in [1.29, 1.82) is 0 Å². The predicted octanol–water partition coefficient (Wildman–Crippen LogP) is 0.270. The predicted molar refractivity (Wildman–Crippen MR) is 62.6 cm³/mol. The lowest BCUT2D eigenvalue weighted by Crippen LogP contribution is -2.40. The maximum Gasteiger partial charge on any atom is 0.237 e. The van der Waals surface area contributed by atoms with Crippen molar-refractivity contribution in [3.8, 4) is 12.3 Å². The van der Waals surface area contributed by atoms with Gasteiger partial charge in [-0.05, 0) is 25.2 Å². The highest BCUT2D eigenvalue weighted by Gasteiger charge is 2.20. The molecule has 0 aliphatic heterocycles. The molecule has 1 fully saturated rings. The van der Waals surface area contributed by atoms with E-state index >= 15 is 0 Å². The largest absolute Gasteiger partial charge is 0.381 e. The first-order valence-corrected chi connectivity index (χ1v) is 5.78. The smallest absolute Gasteiger partial charge is 0.237 e. The average molecular weight is 224 g/mol. The Morgan fingerprint density at radius 2 is 2.38 bits per heavy atom. The number of hydrogen-bond donors (Lipinski definition) is 2. The summed E-state index contributed by atoms with van der Waals surface area (Å²) < 4.78 is 5.43. The van der Waals surface area contributed by atoms with Crippen LogP contribution in [0, 0.1) is 18.3 Å². The first-order chi connectivity index (χ1) is 7.74. The molecule has 4 nitrogen and oxygen atoms in total. The van der Waals surface area contributed by atoms with Gasteiger partial charge >= 0.3 is 0 Å². The number of amides is 1. The first-order valence-electron chi connectivity index (χ1n) is 5.78. The third-order valence-corrected chi connectivity index (χ3v) is 2.49. The maximum atomic E-state index is 11.3. The Morgan fingerprint density at radius 3 is 3.00 bits per heavy atom. The maximum absolute atomic E-state index is 11.3. The van der Waals surface area contributed by atoms with E-state index in [1.165, 1.54) is 12.8 Å². The zero-order valence-electron chi connectivity index (χ0n) is 9.58. The summed E-state index contributed by atoms with van der Waals surface area (Å²) in [6.07, 6.45) is 8.77. The molecule has 0 heterocycles. The summed E-state index contributed by atoms with van der Waals surface area (Å²) in [5, 5.41) is 2.73. The van der Waals surface area contributed by atoms with Gasteiger partial charge in [-0.2, -0.15) is 0 Å². The summed E-state index contributed by atoms with van der Waals surface area (Å²) >= 11 is 0. The van der Waals surface area contributed by atoms with Crippen LogP contribution >= 0.6 is 0 Å². The Bertz CT molecular complexity index is 256. The Balaban J connectivity index is 1.89. The number of rotatable bonds is 8. The number of nitrogens with two attached hydrogens (primary N) is 1. The highest BCUT2D eigenvalue weighted by Crippen LogP contribution is 2.28. The molecule has 0 aromatic heterocycles. The number of carbonyl (C=O) groups excluding carboxylic acids is 1. The van der Waals surface area contributed by atoms with Gasteiger partial charge in [-0.15, -0.1) is 12.3 Å². The van der Waals surface area contributed by atoms with E-state index in [0.29, 0.717) is 13.2 Å². The monoisotopic (exact) mass is 224 g/mol. The van der Waals surface area contributed by atoms with Crippen LogP contribution in [0.25, 0.3) is 0 Å². The highest BCUT2D eigenvalue weighted by molar-refractivity contribution is 5.81. The number of terminal acetylenes is 1. The molecule has 1 saturated carbocycles. The zero-order chi connectivity index (χ0) is 11.8. The second-order valence-electron chi connectivity index (χ2n) is 4.18. The van der Waals surface area contributed by atoms with E-state index in [1.54, 1.807) is 0 Å². The highest BCUT2D eigenvalue weighted by atomic mass is 16.5. The lowest BCUT2D eigenvalue weighted by Gasteiger charge is -2.09. The summed E-state index contributed by atoms with van der Waals surface area (Å²) in [5.74, 6) is 2.98. The minimum Gasteiger partial charge on any atom is -0.381 e. The van der Waals surface area contributed by atoms with E-state index in [0.717, 1.165) is 18.9 Å². The van der Waals surface area contributed by atoms with Crippen LogP contribution in [0.1, 0.15) is 25.7 Å². The van der Waals surface area contributed by atoms with Crippen molar-refractivity contribution in [2.24, 2.45) is 11.7 Å². The van der Waals surface area contributed by atoms with Crippen LogP contribution < -0.4 is 11.1 Å². The Hall–Kier alpha value is -1.05. The molecule has 1 rings (SSSR count). The van der Waals surface area contributed by atoms with Gasteiger partial charge in [0.05, 0.1) is 6.04 Å². The molecule has 1 unspecified atom stereocenters. The van der Waals surface area contributed by atoms with Crippen LogP contribution in [0.4, 0.5) is 0 Å². The summed E-state index contributed by atoms with van der Waals surface area (Å²) in [6, 6.07) is -0.586. The number of ether oxygens (including phenoxy) is 1. The molecule has 0 aromatic rings. The lowest BCUT2D eigenvalue weighted by molar-refractivity contribution is -0.122. The van der Waals surface area contributed by atoms with Gasteiger partial charge in [0.1, 0.15) is 0 Å². The van der Waals surface area contributed by atoms with Crippen molar-refractivity contribution < 1.29 is 9.53 Å². The fraction of sp³-hybridized carbons (Fsp3) is 0.750. The fourth-order valence-electron chi connectivity index (χ4n) is 1.27. The quantitative estimate of drug-likeness (QED) is 0.459. The molecule has 1 atom stereocenters. The van der Waals surface area contributed by atoms with E-state index in [4.69, 9.17) is 16.9 Å². The number of hydrogen-bond acceptors (Lipinski definition) is 3. The van der Waals surface area contributed by atoms with Crippen molar-refractivity contribution in [1.82, 2.24) is 5.32 Å². The van der Waals surface area contributed by atoms with Gasteiger partial charge in [0.25, 0.3) is 0 Å². The molecule has 1 amide bonds.